The third kappa shape index (κ3) is 2.99. The predicted molar refractivity (Wildman–Crippen MR) is 73.5 cm³/mol. The Hall–Kier alpha value is -2.07. The molecule has 92 valence electrons. The van der Waals surface area contributed by atoms with E-state index in [1.165, 1.54) is 17.8 Å². The minimum absolute atomic E-state index is 0.137. The topological polar surface area (TPSA) is 43.4 Å². The number of rotatable bonds is 6. The lowest BCUT2D eigenvalue weighted by atomic mass is 10.1. The van der Waals surface area contributed by atoms with Crippen molar-refractivity contribution in [3.05, 3.63) is 71.6 Å². The monoisotopic (exact) mass is 260 g/mol. The maximum absolute atomic E-state index is 11.5. The maximum atomic E-state index is 11.5. The zero-order valence-electron chi connectivity index (χ0n) is 9.77. The molecule has 1 aliphatic rings. The second kappa shape index (κ2) is 6.02. The number of esters is 2. The second-order valence-corrected chi connectivity index (χ2v) is 4.48. The summed E-state index contributed by atoms with van der Waals surface area (Å²) >= 11 is 1.18. The van der Waals surface area contributed by atoms with Crippen LogP contribution in [-0.4, -0.2) is 11.9 Å². The Labute approximate surface area is 110 Å². The van der Waals surface area contributed by atoms with Crippen molar-refractivity contribution in [1.29, 1.82) is 0 Å². The van der Waals surface area contributed by atoms with Crippen LogP contribution in [0.3, 0.4) is 0 Å². The summed E-state index contributed by atoms with van der Waals surface area (Å²) in [5.74, 6) is -1.40. The summed E-state index contributed by atoms with van der Waals surface area (Å²) in [7, 11) is 0. The van der Waals surface area contributed by atoms with E-state index in [-0.39, 0.29) is 11.1 Å². The van der Waals surface area contributed by atoms with Crippen molar-refractivity contribution in [3.8, 4) is 0 Å². The van der Waals surface area contributed by atoms with Crippen LogP contribution in [-0.2, 0) is 14.3 Å². The van der Waals surface area contributed by atoms with E-state index in [1.807, 2.05) is 0 Å². The van der Waals surface area contributed by atoms with Crippen LogP contribution in [0.15, 0.2) is 71.6 Å². The molecule has 0 spiro atoms. The van der Waals surface area contributed by atoms with Crippen molar-refractivity contribution < 1.29 is 14.3 Å². The van der Waals surface area contributed by atoms with Crippen molar-refractivity contribution in [2.45, 2.75) is 0 Å². The first-order valence-electron chi connectivity index (χ1n) is 4.99. The van der Waals surface area contributed by atoms with Crippen molar-refractivity contribution in [2.75, 3.05) is 0 Å². The molecule has 1 heterocycles. The van der Waals surface area contributed by atoms with Gasteiger partial charge >= 0.3 is 11.9 Å². The van der Waals surface area contributed by atoms with Crippen LogP contribution in [0.25, 0.3) is 0 Å². The number of thioether (sulfide) groups is 1. The Morgan fingerprint density at radius 3 is 2.39 bits per heavy atom. The number of carbonyl (C=O) groups excluding carboxylic acids is 2. The Morgan fingerprint density at radius 1 is 1.17 bits per heavy atom. The van der Waals surface area contributed by atoms with E-state index >= 15 is 0 Å². The van der Waals surface area contributed by atoms with Gasteiger partial charge in [-0.1, -0.05) is 56.3 Å². The fourth-order valence-corrected chi connectivity index (χ4v) is 2.03. The first-order valence-corrected chi connectivity index (χ1v) is 5.81. The predicted octanol–water partition coefficient (Wildman–Crippen LogP) is 3.06. The molecule has 0 radical (unpaired) electrons. The molecule has 0 aromatic rings. The molecule has 0 amide bonds. The Kier molecular flexibility index (Phi) is 4.68. The largest absolute Gasteiger partial charge is 0.386 e. The van der Waals surface area contributed by atoms with Crippen molar-refractivity contribution >= 4 is 23.7 Å². The molecule has 1 rings (SSSR count). The van der Waals surface area contributed by atoms with Gasteiger partial charge in [0.05, 0.1) is 11.1 Å². The van der Waals surface area contributed by atoms with Gasteiger partial charge in [-0.25, -0.2) is 9.59 Å². The zero-order chi connectivity index (χ0) is 13.7. The standard InChI is InChI=1S/C14H12O3S/c1-5-7-8-9(3)18-10(4)12-11(6-2)13(15)17-14(12)16/h5-8H,1-4H2/b8-7-. The minimum atomic E-state index is -0.701. The molecule has 3 nitrogen and oxygen atoms in total. The van der Waals surface area contributed by atoms with Crippen LogP contribution < -0.4 is 0 Å². The van der Waals surface area contributed by atoms with Gasteiger partial charge in [0.25, 0.3) is 0 Å². The number of cyclic esters (lactones) is 2. The lowest BCUT2D eigenvalue weighted by Gasteiger charge is -2.04. The number of carbonyl (C=O) groups is 2. The average molecular weight is 260 g/mol. The first-order chi connectivity index (χ1) is 8.51. The highest BCUT2D eigenvalue weighted by Crippen LogP contribution is 2.34. The molecule has 0 aromatic heterocycles. The normalized spacial score (nSPS) is 14.9. The van der Waals surface area contributed by atoms with E-state index in [0.717, 1.165) is 0 Å². The molecule has 4 heteroatoms. The fraction of sp³-hybridized carbons (Fsp3) is 0. The number of hydrogen-bond acceptors (Lipinski definition) is 4. The summed E-state index contributed by atoms with van der Waals surface area (Å²) in [6.07, 6.45) is 6.33. The van der Waals surface area contributed by atoms with E-state index in [1.54, 1.807) is 18.2 Å². The Bertz CT molecular complexity index is 521. The molecule has 0 N–H and O–H groups in total. The summed E-state index contributed by atoms with van der Waals surface area (Å²) < 4.78 is 4.50. The highest BCUT2D eigenvalue weighted by molar-refractivity contribution is 8.07. The van der Waals surface area contributed by atoms with Crippen molar-refractivity contribution in [1.82, 2.24) is 0 Å². The smallest absolute Gasteiger partial charge is 0.348 e. The molecule has 0 aromatic carbocycles. The maximum Gasteiger partial charge on any atom is 0.348 e. The summed E-state index contributed by atoms with van der Waals surface area (Å²) in [6, 6.07) is 0. The van der Waals surface area contributed by atoms with Crippen LogP contribution in [0.5, 0.6) is 0 Å². The van der Waals surface area contributed by atoms with Gasteiger partial charge in [-0.2, -0.15) is 0 Å². The molecule has 0 fully saturated rings. The molecule has 0 aliphatic carbocycles. The fourth-order valence-electron chi connectivity index (χ4n) is 1.27. The van der Waals surface area contributed by atoms with Gasteiger partial charge in [-0.15, -0.1) is 0 Å². The summed E-state index contributed by atoms with van der Waals surface area (Å²) in [4.78, 5) is 23.9. The SMILES string of the molecule is C=C/C=C\C(=C)SC(=C)C1=C(C=C)C(=O)OC1=O. The summed E-state index contributed by atoms with van der Waals surface area (Å²) in [5.41, 5.74) is 0.283. The highest BCUT2D eigenvalue weighted by atomic mass is 32.2. The number of ether oxygens (including phenoxy) is 1. The molecule has 18 heavy (non-hydrogen) atoms. The molecule has 0 saturated carbocycles. The molecule has 0 saturated heterocycles. The molecule has 0 unspecified atom stereocenters. The summed E-state index contributed by atoms with van der Waals surface area (Å²) in [6.45, 7) is 14.5. The van der Waals surface area contributed by atoms with Gasteiger partial charge in [-0.3, -0.25) is 0 Å². The average Bonchev–Trinajstić information content (AvgIpc) is 2.60. The molecular formula is C14H12O3S. The minimum Gasteiger partial charge on any atom is -0.386 e. The van der Waals surface area contributed by atoms with Gasteiger partial charge < -0.3 is 4.74 Å². The third-order valence-corrected chi connectivity index (χ3v) is 2.88. The highest BCUT2D eigenvalue weighted by Gasteiger charge is 2.32. The summed E-state index contributed by atoms with van der Waals surface area (Å²) in [5, 5.41) is 0. The number of allylic oxidation sites excluding steroid dienone is 3. The van der Waals surface area contributed by atoms with E-state index in [2.05, 4.69) is 31.1 Å². The lowest BCUT2D eigenvalue weighted by molar-refractivity contribution is -0.150. The van der Waals surface area contributed by atoms with Crippen LogP contribution in [0, 0.1) is 0 Å². The number of hydrogen-bond donors (Lipinski definition) is 0. The van der Waals surface area contributed by atoms with Crippen molar-refractivity contribution in [2.24, 2.45) is 0 Å². The molecule has 0 atom stereocenters. The molecule has 0 bridgehead atoms. The van der Waals surface area contributed by atoms with Crippen LogP contribution in [0.1, 0.15) is 0 Å². The molecular weight excluding hydrogens is 248 g/mol. The van der Waals surface area contributed by atoms with Crippen molar-refractivity contribution in [3.63, 3.8) is 0 Å². The Balaban J connectivity index is 2.93. The zero-order valence-corrected chi connectivity index (χ0v) is 10.6. The quantitative estimate of drug-likeness (QED) is 0.418. The van der Waals surface area contributed by atoms with E-state index in [0.29, 0.717) is 9.81 Å². The third-order valence-electron chi connectivity index (χ3n) is 2.03. The van der Waals surface area contributed by atoms with Gasteiger partial charge in [0.15, 0.2) is 0 Å². The Morgan fingerprint density at radius 2 is 1.83 bits per heavy atom. The van der Waals surface area contributed by atoms with Gasteiger partial charge in [0.2, 0.25) is 0 Å². The lowest BCUT2D eigenvalue weighted by Crippen LogP contribution is -2.02. The van der Waals surface area contributed by atoms with Crippen LogP contribution >= 0.6 is 11.8 Å². The van der Waals surface area contributed by atoms with Crippen LogP contribution in [0.2, 0.25) is 0 Å². The van der Waals surface area contributed by atoms with Crippen LogP contribution in [0.4, 0.5) is 0 Å². The molecule has 1 aliphatic heterocycles. The second-order valence-electron chi connectivity index (χ2n) is 3.26. The van der Waals surface area contributed by atoms with Gasteiger partial charge in [0.1, 0.15) is 0 Å². The van der Waals surface area contributed by atoms with Gasteiger partial charge in [0, 0.05) is 9.81 Å². The van der Waals surface area contributed by atoms with E-state index < -0.39 is 11.9 Å². The van der Waals surface area contributed by atoms with E-state index in [9.17, 15) is 9.59 Å². The van der Waals surface area contributed by atoms with E-state index in [4.69, 9.17) is 0 Å². The van der Waals surface area contributed by atoms with Gasteiger partial charge in [-0.05, 0) is 6.08 Å². The first kappa shape index (κ1) is 14.0.